The fourth-order valence-electron chi connectivity index (χ4n) is 1.74. The van der Waals surface area contributed by atoms with Crippen LogP contribution in [0.4, 0.5) is 23.8 Å². The summed E-state index contributed by atoms with van der Waals surface area (Å²) in [6.07, 6.45) is 0. The molecule has 0 bridgehead atoms. The molecule has 3 rings (SSSR count). The molecule has 0 unspecified atom stereocenters. The lowest BCUT2D eigenvalue weighted by molar-refractivity contribution is 0.437. The normalized spacial score (nSPS) is 10.2. The second-order valence-corrected chi connectivity index (χ2v) is 4.51. The number of nitrogens with zero attached hydrogens (tertiary/aromatic N) is 8. The fourth-order valence-corrected chi connectivity index (χ4v) is 1.74. The number of ether oxygens (including phenoxy) is 1. The number of nitrogens with two attached hydrogens (primary N) is 1. The third-order valence-corrected chi connectivity index (χ3v) is 2.70. The van der Waals surface area contributed by atoms with E-state index < -0.39 is 0 Å². The Kier molecular flexibility index (Phi) is 4.27. The van der Waals surface area contributed by atoms with Crippen LogP contribution in [-0.2, 0) is 0 Å². The maximum atomic E-state index is 5.59. The third-order valence-electron chi connectivity index (χ3n) is 2.70. The van der Waals surface area contributed by atoms with Gasteiger partial charge in [0, 0.05) is 7.05 Å². The molecule has 3 aromatic rings. The Balaban J connectivity index is 1.85. The summed E-state index contributed by atoms with van der Waals surface area (Å²) >= 11 is 0. The lowest BCUT2D eigenvalue weighted by Crippen LogP contribution is -2.08. The number of hydrogen-bond donors (Lipinski definition) is 1. The minimum Gasteiger partial charge on any atom is -0.424 e. The molecule has 0 aliphatic heterocycles. The van der Waals surface area contributed by atoms with Gasteiger partial charge >= 0.3 is 6.01 Å². The summed E-state index contributed by atoms with van der Waals surface area (Å²) in [4.78, 5) is 24.1. The lowest BCUT2D eigenvalue weighted by atomic mass is 10.3. The van der Waals surface area contributed by atoms with E-state index in [4.69, 9.17) is 10.5 Å². The molecule has 2 radical (unpaired) electrons. The van der Waals surface area contributed by atoms with E-state index in [0.29, 0.717) is 11.6 Å². The predicted molar refractivity (Wildman–Crippen MR) is 84.5 cm³/mol. The number of aryl methyl sites for hydroxylation is 1. The molecule has 0 atom stereocenters. The first-order valence-corrected chi connectivity index (χ1v) is 6.91. The fraction of sp³-hybridized carbons (Fsp3) is 0.143. The predicted octanol–water partition coefficient (Wildman–Crippen LogP) is 1.17. The highest BCUT2D eigenvalue weighted by Crippen LogP contribution is 2.19. The molecule has 0 spiro atoms. The first-order valence-electron chi connectivity index (χ1n) is 6.91. The minimum atomic E-state index is 0.0101. The molecular weight excluding hydrogens is 310 g/mol. The number of nitrogen functional groups attached to an aromatic ring is 1. The van der Waals surface area contributed by atoms with E-state index in [2.05, 4.69) is 40.5 Å². The second kappa shape index (κ2) is 6.69. The molecule has 0 saturated carbocycles. The van der Waals surface area contributed by atoms with Crippen molar-refractivity contribution in [1.29, 1.82) is 0 Å². The van der Waals surface area contributed by atoms with Gasteiger partial charge in [-0.2, -0.15) is 35.2 Å². The summed E-state index contributed by atoms with van der Waals surface area (Å²) in [7, 11) is 1.54. The SMILES string of the molecule is C[N]c1nc(N)nc([N]c2nc(C)nc(Oc3ccccc3)n2)n1. The maximum absolute atomic E-state index is 5.59. The van der Waals surface area contributed by atoms with Gasteiger partial charge in [-0.15, -0.1) is 0 Å². The van der Waals surface area contributed by atoms with Crippen molar-refractivity contribution < 1.29 is 4.74 Å². The van der Waals surface area contributed by atoms with Crippen LogP contribution in [0.25, 0.3) is 0 Å². The molecule has 0 aliphatic carbocycles. The molecule has 0 aliphatic rings. The molecule has 0 amide bonds. The molecule has 2 aromatic heterocycles. The first-order chi connectivity index (χ1) is 11.6. The van der Waals surface area contributed by atoms with Crippen LogP contribution in [0.5, 0.6) is 11.8 Å². The van der Waals surface area contributed by atoms with Crippen LogP contribution in [0.1, 0.15) is 5.82 Å². The Morgan fingerprint density at radius 2 is 1.58 bits per heavy atom. The summed E-state index contributed by atoms with van der Waals surface area (Å²) in [6.45, 7) is 1.70. The highest BCUT2D eigenvalue weighted by Gasteiger charge is 2.11. The van der Waals surface area contributed by atoms with Crippen molar-refractivity contribution >= 4 is 23.8 Å². The van der Waals surface area contributed by atoms with E-state index in [1.165, 1.54) is 7.05 Å². The van der Waals surface area contributed by atoms with Gasteiger partial charge in [0.1, 0.15) is 11.6 Å². The zero-order valence-electron chi connectivity index (χ0n) is 13.0. The van der Waals surface area contributed by atoms with Crippen molar-refractivity contribution in [1.82, 2.24) is 40.5 Å². The van der Waals surface area contributed by atoms with E-state index in [-0.39, 0.29) is 29.8 Å². The van der Waals surface area contributed by atoms with Crippen molar-refractivity contribution in [3.8, 4) is 11.8 Å². The summed E-state index contributed by atoms with van der Waals surface area (Å²) in [5.41, 5.74) is 5.59. The lowest BCUT2D eigenvalue weighted by Gasteiger charge is -2.06. The molecule has 10 nitrogen and oxygen atoms in total. The van der Waals surface area contributed by atoms with Gasteiger partial charge in [-0.1, -0.05) is 18.2 Å². The zero-order valence-corrected chi connectivity index (χ0v) is 13.0. The van der Waals surface area contributed by atoms with Gasteiger partial charge in [-0.3, -0.25) is 5.32 Å². The van der Waals surface area contributed by atoms with Crippen LogP contribution in [0.2, 0.25) is 0 Å². The first kappa shape index (κ1) is 15.3. The van der Waals surface area contributed by atoms with E-state index in [9.17, 15) is 0 Å². The Morgan fingerprint density at radius 1 is 0.875 bits per heavy atom. The minimum absolute atomic E-state index is 0.0101. The average Bonchev–Trinajstić information content (AvgIpc) is 2.54. The van der Waals surface area contributed by atoms with Gasteiger partial charge in [0.05, 0.1) is 0 Å². The molecular formula is C14H13N9O. The average molecular weight is 323 g/mol. The molecule has 2 N–H and O–H groups in total. The van der Waals surface area contributed by atoms with Crippen molar-refractivity contribution in [2.75, 3.05) is 12.8 Å². The highest BCUT2D eigenvalue weighted by molar-refractivity contribution is 5.37. The van der Waals surface area contributed by atoms with Gasteiger partial charge in [0.15, 0.2) is 0 Å². The molecule has 1 aromatic carbocycles. The summed E-state index contributed by atoms with van der Waals surface area (Å²) in [5, 5.41) is 7.97. The molecule has 24 heavy (non-hydrogen) atoms. The van der Waals surface area contributed by atoms with Crippen LogP contribution in [0.3, 0.4) is 0 Å². The third kappa shape index (κ3) is 3.80. The van der Waals surface area contributed by atoms with E-state index in [1.807, 2.05) is 18.2 Å². The number of hydrogen-bond acceptors (Lipinski definition) is 8. The standard InChI is InChI=1S/C14H13N9O/c1-8-17-12(22-13-20-10(15)19-11(16-2)21-13)23-14(18-8)24-9-6-4-3-5-7-9/h3-7H,1-2H3,(H2,15,19,20,21). The number of rotatable bonds is 5. The van der Waals surface area contributed by atoms with Crippen LogP contribution in [0.15, 0.2) is 30.3 Å². The maximum Gasteiger partial charge on any atom is 0.327 e. The van der Waals surface area contributed by atoms with Crippen molar-refractivity contribution in [2.24, 2.45) is 0 Å². The van der Waals surface area contributed by atoms with E-state index in [1.54, 1.807) is 19.1 Å². The zero-order chi connectivity index (χ0) is 16.9. The smallest absolute Gasteiger partial charge is 0.327 e. The Hall–Kier alpha value is -3.56. The van der Waals surface area contributed by atoms with Gasteiger partial charge in [0.25, 0.3) is 17.8 Å². The second-order valence-electron chi connectivity index (χ2n) is 4.51. The van der Waals surface area contributed by atoms with Crippen LogP contribution in [0, 0.1) is 6.92 Å². The van der Waals surface area contributed by atoms with Crippen molar-refractivity contribution in [3.63, 3.8) is 0 Å². The quantitative estimate of drug-likeness (QED) is 0.737. The van der Waals surface area contributed by atoms with Gasteiger partial charge in [0.2, 0.25) is 5.95 Å². The largest absolute Gasteiger partial charge is 0.424 e. The topological polar surface area (TPSA) is 141 Å². The molecule has 0 fully saturated rings. The summed E-state index contributed by atoms with van der Waals surface area (Å²) in [6, 6.07) is 9.27. The summed E-state index contributed by atoms with van der Waals surface area (Å²) in [5.74, 6) is 1.38. The summed E-state index contributed by atoms with van der Waals surface area (Å²) < 4.78 is 5.59. The van der Waals surface area contributed by atoms with Crippen LogP contribution < -0.4 is 21.1 Å². The number of anilines is 1. The van der Waals surface area contributed by atoms with E-state index in [0.717, 1.165) is 0 Å². The van der Waals surface area contributed by atoms with Gasteiger partial charge in [-0.25, -0.2) is 0 Å². The Bertz CT molecular complexity index is 841. The molecule has 10 heteroatoms. The van der Waals surface area contributed by atoms with Gasteiger partial charge in [-0.05, 0) is 19.1 Å². The number of benzene rings is 1. The number of aromatic nitrogens is 6. The van der Waals surface area contributed by atoms with Gasteiger partial charge < -0.3 is 10.5 Å². The van der Waals surface area contributed by atoms with Crippen molar-refractivity contribution in [3.05, 3.63) is 36.2 Å². The van der Waals surface area contributed by atoms with E-state index >= 15 is 0 Å². The van der Waals surface area contributed by atoms with Crippen LogP contribution in [-0.4, -0.2) is 37.0 Å². The number of para-hydroxylation sites is 1. The Morgan fingerprint density at radius 3 is 2.33 bits per heavy atom. The molecule has 2 heterocycles. The Labute approximate surface area is 137 Å². The monoisotopic (exact) mass is 323 g/mol. The van der Waals surface area contributed by atoms with Crippen LogP contribution >= 0.6 is 0 Å². The highest BCUT2D eigenvalue weighted by atomic mass is 16.5. The van der Waals surface area contributed by atoms with Crippen molar-refractivity contribution in [2.45, 2.75) is 6.92 Å². The molecule has 120 valence electrons. The molecule has 0 saturated heterocycles.